The van der Waals surface area contributed by atoms with Crippen molar-refractivity contribution in [2.75, 3.05) is 11.9 Å². The van der Waals surface area contributed by atoms with Crippen molar-refractivity contribution in [1.82, 2.24) is 0 Å². The molecule has 0 aliphatic heterocycles. The summed E-state index contributed by atoms with van der Waals surface area (Å²) < 4.78 is 0.540. The summed E-state index contributed by atoms with van der Waals surface area (Å²) in [5, 5.41) is 11.5. The standard InChI is InChI=1S/C11H13BrN2O3/c12-8-6-7(11(16)17)3-4-9(8)14-10(15)2-1-5-13/h3-4,6H,1-2,5,13H2,(H,14,15)(H,16,17). The van der Waals surface area contributed by atoms with Crippen LogP contribution < -0.4 is 11.1 Å². The third kappa shape index (κ3) is 4.16. The summed E-state index contributed by atoms with van der Waals surface area (Å²) in [4.78, 5) is 22.1. The van der Waals surface area contributed by atoms with Crippen molar-refractivity contribution in [3.63, 3.8) is 0 Å². The molecule has 92 valence electrons. The number of hydrogen-bond donors (Lipinski definition) is 3. The van der Waals surface area contributed by atoms with Crippen molar-refractivity contribution >= 4 is 33.5 Å². The summed E-state index contributed by atoms with van der Waals surface area (Å²) in [6.07, 6.45) is 0.973. The number of benzene rings is 1. The van der Waals surface area contributed by atoms with Crippen LogP contribution in [0, 0.1) is 0 Å². The first kappa shape index (κ1) is 13.7. The number of hydrogen-bond acceptors (Lipinski definition) is 3. The zero-order chi connectivity index (χ0) is 12.8. The van der Waals surface area contributed by atoms with E-state index >= 15 is 0 Å². The van der Waals surface area contributed by atoms with Gasteiger partial charge < -0.3 is 16.2 Å². The molecule has 0 aromatic heterocycles. The summed E-state index contributed by atoms with van der Waals surface area (Å²) in [5.41, 5.74) is 6.02. The van der Waals surface area contributed by atoms with Gasteiger partial charge in [-0.25, -0.2) is 4.79 Å². The zero-order valence-corrected chi connectivity index (χ0v) is 10.7. The number of rotatable bonds is 5. The van der Waals surface area contributed by atoms with E-state index < -0.39 is 5.97 Å². The predicted octanol–water partition coefficient (Wildman–Crippen LogP) is 1.82. The number of aromatic carboxylic acids is 1. The number of carboxylic acids is 1. The van der Waals surface area contributed by atoms with Crippen molar-refractivity contribution in [2.24, 2.45) is 5.73 Å². The van der Waals surface area contributed by atoms with E-state index in [0.29, 0.717) is 29.5 Å². The second-order valence-corrected chi connectivity index (χ2v) is 4.29. The number of nitrogens with two attached hydrogens (primary N) is 1. The molecule has 1 rings (SSSR count). The summed E-state index contributed by atoms with van der Waals surface area (Å²) in [7, 11) is 0. The lowest BCUT2D eigenvalue weighted by atomic mass is 10.2. The lowest BCUT2D eigenvalue weighted by Crippen LogP contribution is -2.14. The molecule has 1 aromatic rings. The van der Waals surface area contributed by atoms with Gasteiger partial charge >= 0.3 is 5.97 Å². The number of halogens is 1. The van der Waals surface area contributed by atoms with Gasteiger partial charge in [-0.1, -0.05) is 0 Å². The number of anilines is 1. The van der Waals surface area contributed by atoms with Gasteiger partial charge in [-0.05, 0) is 47.1 Å². The van der Waals surface area contributed by atoms with Gasteiger partial charge in [0.15, 0.2) is 0 Å². The topological polar surface area (TPSA) is 92.4 Å². The smallest absolute Gasteiger partial charge is 0.335 e. The van der Waals surface area contributed by atoms with Crippen LogP contribution in [0.3, 0.4) is 0 Å². The molecule has 4 N–H and O–H groups in total. The molecule has 0 atom stereocenters. The molecule has 6 heteroatoms. The Hall–Kier alpha value is -1.40. The SMILES string of the molecule is NCCCC(=O)Nc1ccc(C(=O)O)cc1Br. The van der Waals surface area contributed by atoms with Crippen LogP contribution in [0.15, 0.2) is 22.7 Å². The van der Waals surface area contributed by atoms with E-state index in [1.807, 2.05) is 0 Å². The van der Waals surface area contributed by atoms with Crippen molar-refractivity contribution < 1.29 is 14.7 Å². The molecule has 1 amide bonds. The van der Waals surface area contributed by atoms with E-state index in [-0.39, 0.29) is 11.5 Å². The Labute approximate surface area is 107 Å². The number of carbonyl (C=O) groups is 2. The highest BCUT2D eigenvalue weighted by atomic mass is 79.9. The van der Waals surface area contributed by atoms with Crippen molar-refractivity contribution in [3.05, 3.63) is 28.2 Å². The molecule has 17 heavy (non-hydrogen) atoms. The maximum Gasteiger partial charge on any atom is 0.335 e. The molecule has 0 saturated carbocycles. The van der Waals surface area contributed by atoms with Gasteiger partial charge in [-0.2, -0.15) is 0 Å². The number of nitrogens with one attached hydrogen (secondary N) is 1. The van der Waals surface area contributed by atoms with Gasteiger partial charge in [0.25, 0.3) is 0 Å². The Kier molecular flexibility index (Phi) is 5.11. The minimum Gasteiger partial charge on any atom is -0.478 e. The summed E-state index contributed by atoms with van der Waals surface area (Å²) in [5.74, 6) is -1.15. The Morgan fingerprint density at radius 3 is 2.65 bits per heavy atom. The molecule has 0 fully saturated rings. The Bertz CT molecular complexity index is 435. The molecule has 5 nitrogen and oxygen atoms in total. The van der Waals surface area contributed by atoms with Crippen molar-refractivity contribution in [1.29, 1.82) is 0 Å². The predicted molar refractivity (Wildman–Crippen MR) is 68.0 cm³/mol. The van der Waals surface area contributed by atoms with E-state index in [2.05, 4.69) is 21.2 Å². The molecule has 0 aliphatic rings. The van der Waals surface area contributed by atoms with Crippen LogP contribution in [0.4, 0.5) is 5.69 Å². The highest BCUT2D eigenvalue weighted by Gasteiger charge is 2.08. The Morgan fingerprint density at radius 2 is 2.12 bits per heavy atom. The fourth-order valence-corrected chi connectivity index (χ4v) is 1.70. The molecule has 0 aliphatic carbocycles. The quantitative estimate of drug-likeness (QED) is 0.773. The van der Waals surface area contributed by atoms with Gasteiger partial charge in [-0.3, -0.25) is 4.79 Å². The first-order valence-corrected chi connectivity index (χ1v) is 5.86. The lowest BCUT2D eigenvalue weighted by molar-refractivity contribution is -0.116. The molecule has 1 aromatic carbocycles. The first-order chi connectivity index (χ1) is 8.04. The van der Waals surface area contributed by atoms with E-state index in [0.717, 1.165) is 0 Å². The summed E-state index contributed by atoms with van der Waals surface area (Å²) in [6, 6.07) is 4.43. The summed E-state index contributed by atoms with van der Waals surface area (Å²) >= 11 is 3.21. The fraction of sp³-hybridized carbons (Fsp3) is 0.273. The molecular formula is C11H13BrN2O3. The number of carbonyl (C=O) groups excluding carboxylic acids is 1. The largest absolute Gasteiger partial charge is 0.478 e. The Balaban J connectivity index is 2.72. The van der Waals surface area contributed by atoms with Crippen LogP contribution in [0.5, 0.6) is 0 Å². The van der Waals surface area contributed by atoms with Crippen molar-refractivity contribution in [3.8, 4) is 0 Å². The monoisotopic (exact) mass is 300 g/mol. The second-order valence-electron chi connectivity index (χ2n) is 3.44. The number of amides is 1. The van der Waals surface area contributed by atoms with Crippen LogP contribution in [0.2, 0.25) is 0 Å². The first-order valence-electron chi connectivity index (χ1n) is 5.07. The third-order valence-electron chi connectivity index (χ3n) is 2.10. The van der Waals surface area contributed by atoms with Crippen molar-refractivity contribution in [2.45, 2.75) is 12.8 Å². The van der Waals surface area contributed by atoms with Crippen LogP contribution in [0.1, 0.15) is 23.2 Å². The molecule has 0 bridgehead atoms. The Morgan fingerprint density at radius 1 is 1.41 bits per heavy atom. The van der Waals surface area contributed by atoms with E-state index in [1.54, 1.807) is 6.07 Å². The van der Waals surface area contributed by atoms with Crippen LogP contribution in [-0.4, -0.2) is 23.5 Å². The molecule has 0 heterocycles. The van der Waals surface area contributed by atoms with Gasteiger partial charge in [0.05, 0.1) is 11.3 Å². The van der Waals surface area contributed by atoms with Gasteiger partial charge in [-0.15, -0.1) is 0 Å². The molecule has 0 radical (unpaired) electrons. The highest BCUT2D eigenvalue weighted by Crippen LogP contribution is 2.23. The van der Waals surface area contributed by atoms with Gasteiger partial charge in [0, 0.05) is 10.9 Å². The van der Waals surface area contributed by atoms with E-state index in [1.165, 1.54) is 12.1 Å². The van der Waals surface area contributed by atoms with E-state index in [4.69, 9.17) is 10.8 Å². The zero-order valence-electron chi connectivity index (χ0n) is 9.07. The molecule has 0 spiro atoms. The van der Waals surface area contributed by atoms with Crippen LogP contribution in [-0.2, 0) is 4.79 Å². The average Bonchev–Trinajstić information content (AvgIpc) is 2.28. The normalized spacial score (nSPS) is 10.0. The fourth-order valence-electron chi connectivity index (χ4n) is 1.22. The van der Waals surface area contributed by atoms with Crippen LogP contribution in [0.25, 0.3) is 0 Å². The number of carboxylic acid groups (broad SMARTS) is 1. The minimum atomic E-state index is -1.01. The molecule has 0 unspecified atom stereocenters. The third-order valence-corrected chi connectivity index (χ3v) is 2.75. The molecule has 0 saturated heterocycles. The highest BCUT2D eigenvalue weighted by molar-refractivity contribution is 9.10. The minimum absolute atomic E-state index is 0.140. The lowest BCUT2D eigenvalue weighted by Gasteiger charge is -2.07. The van der Waals surface area contributed by atoms with E-state index in [9.17, 15) is 9.59 Å². The van der Waals surface area contributed by atoms with Crippen LogP contribution >= 0.6 is 15.9 Å². The maximum absolute atomic E-state index is 11.4. The van der Waals surface area contributed by atoms with Gasteiger partial charge in [0.1, 0.15) is 0 Å². The van der Waals surface area contributed by atoms with Gasteiger partial charge in [0.2, 0.25) is 5.91 Å². The molecular weight excluding hydrogens is 288 g/mol. The maximum atomic E-state index is 11.4. The second kappa shape index (κ2) is 6.36. The average molecular weight is 301 g/mol. The summed E-state index contributed by atoms with van der Waals surface area (Å²) in [6.45, 7) is 0.465.